The fraction of sp³-hybridized carbons (Fsp3) is 0.273. The van der Waals surface area contributed by atoms with Gasteiger partial charge in [0.2, 0.25) is 0 Å². The van der Waals surface area contributed by atoms with Gasteiger partial charge in [0.15, 0.2) is 0 Å². The minimum absolute atomic E-state index is 0.140. The number of hydrogen-bond donors (Lipinski definition) is 1. The summed E-state index contributed by atoms with van der Waals surface area (Å²) in [5, 5.41) is 13.7. The van der Waals surface area contributed by atoms with Crippen LogP contribution in [-0.2, 0) is 0 Å². The first kappa shape index (κ1) is 11.2. The van der Waals surface area contributed by atoms with E-state index in [2.05, 4.69) is 11.9 Å². The Kier molecular flexibility index (Phi) is 3.44. The summed E-state index contributed by atoms with van der Waals surface area (Å²) in [7, 11) is 0. The summed E-state index contributed by atoms with van der Waals surface area (Å²) in [5.74, 6) is 0. The number of nitro benzene ring substituents is 1. The van der Waals surface area contributed by atoms with Crippen LogP contribution in [-0.4, -0.2) is 11.5 Å². The molecule has 0 fully saturated rings. The fourth-order valence-electron chi connectivity index (χ4n) is 1.17. The Morgan fingerprint density at radius 3 is 2.80 bits per heavy atom. The van der Waals surface area contributed by atoms with Gasteiger partial charge in [0.05, 0.1) is 4.92 Å². The first-order chi connectivity index (χ1) is 7.00. The lowest BCUT2D eigenvalue weighted by Gasteiger charge is -2.06. The van der Waals surface area contributed by atoms with E-state index in [0.29, 0.717) is 12.1 Å². The molecule has 0 saturated heterocycles. The zero-order valence-electron chi connectivity index (χ0n) is 8.91. The summed E-state index contributed by atoms with van der Waals surface area (Å²) in [6.07, 6.45) is 0. The number of nitrogens with one attached hydrogen (secondary N) is 1. The van der Waals surface area contributed by atoms with Gasteiger partial charge < -0.3 is 5.32 Å². The molecule has 4 heteroatoms. The van der Waals surface area contributed by atoms with Crippen LogP contribution in [0.3, 0.4) is 0 Å². The predicted octanol–water partition coefficient (Wildman–Crippen LogP) is 2.89. The van der Waals surface area contributed by atoms with E-state index < -0.39 is 0 Å². The van der Waals surface area contributed by atoms with Crippen molar-refractivity contribution in [1.29, 1.82) is 0 Å². The molecule has 0 aromatic heterocycles. The molecule has 0 radical (unpaired) electrons. The van der Waals surface area contributed by atoms with Crippen LogP contribution < -0.4 is 5.32 Å². The van der Waals surface area contributed by atoms with Crippen LogP contribution in [0.5, 0.6) is 0 Å². The molecular weight excluding hydrogens is 192 g/mol. The van der Waals surface area contributed by atoms with Crippen molar-refractivity contribution < 1.29 is 4.92 Å². The molecule has 1 N–H and O–H groups in total. The monoisotopic (exact) mass is 206 g/mol. The van der Waals surface area contributed by atoms with E-state index in [0.717, 1.165) is 11.3 Å². The first-order valence-corrected chi connectivity index (χ1v) is 4.64. The lowest BCUT2D eigenvalue weighted by molar-refractivity contribution is -0.385. The molecule has 0 aliphatic rings. The summed E-state index contributed by atoms with van der Waals surface area (Å²) in [6.45, 7) is 8.00. The SMILES string of the molecule is C=C(C)CNc1ccc(C)c([N+](=O)[O-])c1. The zero-order chi connectivity index (χ0) is 11.4. The minimum Gasteiger partial charge on any atom is -0.381 e. The standard InChI is InChI=1S/C11H14N2O2/c1-8(2)7-12-10-5-4-9(3)11(6-10)13(14)15/h4-6,12H,1,7H2,2-3H3. The average molecular weight is 206 g/mol. The lowest BCUT2D eigenvalue weighted by atomic mass is 10.2. The number of nitro groups is 1. The van der Waals surface area contributed by atoms with Crippen LogP contribution in [0, 0.1) is 17.0 Å². The molecule has 0 bridgehead atoms. The minimum atomic E-state index is -0.374. The van der Waals surface area contributed by atoms with E-state index in [-0.39, 0.29) is 10.6 Å². The molecule has 0 saturated carbocycles. The molecular formula is C11H14N2O2. The number of anilines is 1. The molecule has 1 aromatic carbocycles. The Hall–Kier alpha value is -1.84. The van der Waals surface area contributed by atoms with Crippen LogP contribution in [0.4, 0.5) is 11.4 Å². The highest BCUT2D eigenvalue weighted by Gasteiger charge is 2.10. The topological polar surface area (TPSA) is 55.2 Å². The van der Waals surface area contributed by atoms with Gasteiger partial charge in [0, 0.05) is 23.9 Å². The van der Waals surface area contributed by atoms with Crippen molar-refractivity contribution in [2.45, 2.75) is 13.8 Å². The van der Waals surface area contributed by atoms with Crippen LogP contribution >= 0.6 is 0 Å². The molecule has 1 aromatic rings. The summed E-state index contributed by atoms with van der Waals surface area (Å²) >= 11 is 0. The first-order valence-electron chi connectivity index (χ1n) is 4.64. The molecule has 4 nitrogen and oxygen atoms in total. The van der Waals surface area contributed by atoms with Crippen molar-refractivity contribution in [3.05, 3.63) is 46.0 Å². The van der Waals surface area contributed by atoms with Crippen molar-refractivity contribution in [1.82, 2.24) is 0 Å². The van der Waals surface area contributed by atoms with Gasteiger partial charge in [0.1, 0.15) is 0 Å². The van der Waals surface area contributed by atoms with Gasteiger partial charge in [-0.1, -0.05) is 18.2 Å². The van der Waals surface area contributed by atoms with Gasteiger partial charge in [0.25, 0.3) is 5.69 Å². The second-order valence-corrected chi connectivity index (χ2v) is 3.57. The van der Waals surface area contributed by atoms with Gasteiger partial charge >= 0.3 is 0 Å². The quantitative estimate of drug-likeness (QED) is 0.468. The normalized spacial score (nSPS) is 9.73. The Balaban J connectivity index is 2.87. The fourth-order valence-corrected chi connectivity index (χ4v) is 1.17. The van der Waals surface area contributed by atoms with E-state index in [4.69, 9.17) is 0 Å². The van der Waals surface area contributed by atoms with Crippen molar-refractivity contribution in [3.63, 3.8) is 0 Å². The van der Waals surface area contributed by atoms with Gasteiger partial charge in [-0.15, -0.1) is 0 Å². The van der Waals surface area contributed by atoms with E-state index >= 15 is 0 Å². The van der Waals surface area contributed by atoms with Crippen LogP contribution in [0.15, 0.2) is 30.4 Å². The number of rotatable bonds is 4. The second-order valence-electron chi connectivity index (χ2n) is 3.57. The molecule has 0 spiro atoms. The summed E-state index contributed by atoms with van der Waals surface area (Å²) in [6, 6.07) is 5.10. The van der Waals surface area contributed by atoms with Crippen LogP contribution in [0.25, 0.3) is 0 Å². The zero-order valence-corrected chi connectivity index (χ0v) is 8.91. The third-order valence-electron chi connectivity index (χ3n) is 2.00. The Bertz CT molecular complexity index is 400. The van der Waals surface area contributed by atoms with Crippen molar-refractivity contribution >= 4 is 11.4 Å². The maximum atomic E-state index is 10.7. The van der Waals surface area contributed by atoms with Gasteiger partial charge in [-0.3, -0.25) is 10.1 Å². The smallest absolute Gasteiger partial charge is 0.274 e. The third kappa shape index (κ3) is 3.09. The molecule has 0 heterocycles. The molecule has 15 heavy (non-hydrogen) atoms. The highest BCUT2D eigenvalue weighted by Crippen LogP contribution is 2.22. The van der Waals surface area contributed by atoms with Crippen LogP contribution in [0.1, 0.15) is 12.5 Å². The highest BCUT2D eigenvalue weighted by molar-refractivity contribution is 5.55. The number of benzene rings is 1. The third-order valence-corrected chi connectivity index (χ3v) is 2.00. The number of aryl methyl sites for hydroxylation is 1. The highest BCUT2D eigenvalue weighted by atomic mass is 16.6. The molecule has 0 aliphatic carbocycles. The van der Waals surface area contributed by atoms with Crippen molar-refractivity contribution in [2.75, 3.05) is 11.9 Å². The Labute approximate surface area is 88.8 Å². The maximum Gasteiger partial charge on any atom is 0.274 e. The predicted molar refractivity (Wildman–Crippen MR) is 61.1 cm³/mol. The number of nitrogens with zero attached hydrogens (tertiary/aromatic N) is 1. The molecule has 0 atom stereocenters. The molecule has 0 aliphatic heterocycles. The van der Waals surface area contributed by atoms with Crippen LogP contribution in [0.2, 0.25) is 0 Å². The van der Waals surface area contributed by atoms with Gasteiger partial charge in [-0.2, -0.15) is 0 Å². The number of hydrogen-bond acceptors (Lipinski definition) is 3. The maximum absolute atomic E-state index is 10.7. The van der Waals surface area contributed by atoms with E-state index in [1.54, 1.807) is 13.0 Å². The molecule has 1 rings (SSSR count). The van der Waals surface area contributed by atoms with E-state index in [9.17, 15) is 10.1 Å². The summed E-state index contributed by atoms with van der Waals surface area (Å²) < 4.78 is 0. The van der Waals surface area contributed by atoms with Gasteiger partial charge in [-0.25, -0.2) is 0 Å². The van der Waals surface area contributed by atoms with Crippen molar-refractivity contribution in [2.24, 2.45) is 0 Å². The van der Waals surface area contributed by atoms with E-state index in [1.807, 2.05) is 13.0 Å². The van der Waals surface area contributed by atoms with Gasteiger partial charge in [-0.05, 0) is 19.9 Å². The lowest BCUT2D eigenvalue weighted by Crippen LogP contribution is -2.02. The Morgan fingerprint density at radius 1 is 1.60 bits per heavy atom. The molecule has 0 unspecified atom stereocenters. The average Bonchev–Trinajstić information content (AvgIpc) is 2.16. The molecule has 0 amide bonds. The largest absolute Gasteiger partial charge is 0.381 e. The summed E-state index contributed by atoms with van der Waals surface area (Å²) in [5.41, 5.74) is 2.54. The summed E-state index contributed by atoms with van der Waals surface area (Å²) in [4.78, 5) is 10.3. The van der Waals surface area contributed by atoms with Crippen molar-refractivity contribution in [3.8, 4) is 0 Å². The molecule has 80 valence electrons. The Morgan fingerprint density at radius 2 is 2.27 bits per heavy atom. The van der Waals surface area contributed by atoms with E-state index in [1.165, 1.54) is 6.07 Å². The second kappa shape index (κ2) is 4.59.